The first kappa shape index (κ1) is 12.7. The summed E-state index contributed by atoms with van der Waals surface area (Å²) in [6.45, 7) is 0. The van der Waals surface area contributed by atoms with Crippen LogP contribution in [0.25, 0.3) is 55.0 Å². The van der Waals surface area contributed by atoms with Gasteiger partial charge in [-0.2, -0.15) is 0 Å². The molecule has 0 amide bonds. The predicted molar refractivity (Wildman–Crippen MR) is 103 cm³/mol. The molecule has 0 saturated carbocycles. The molecular weight excluding hydrogens is 312 g/mol. The third-order valence-electron chi connectivity index (χ3n) is 5.11. The van der Waals surface area contributed by atoms with Crippen LogP contribution in [0.15, 0.2) is 76.0 Å². The van der Waals surface area contributed by atoms with Crippen LogP contribution >= 0.6 is 12.6 Å². The van der Waals surface area contributed by atoms with Gasteiger partial charge in [0, 0.05) is 21.2 Å². The van der Waals surface area contributed by atoms with Crippen molar-refractivity contribution in [3.05, 3.63) is 66.7 Å². The molecule has 1 aliphatic carbocycles. The second-order valence-corrected chi connectivity index (χ2v) is 6.81. The Hall–Kier alpha value is -2.71. The van der Waals surface area contributed by atoms with Gasteiger partial charge in [-0.15, -0.1) is 12.6 Å². The first-order valence-electron chi connectivity index (χ1n) is 8.02. The average Bonchev–Trinajstić information content (AvgIpc) is 3.14. The van der Waals surface area contributed by atoms with Crippen LogP contribution in [0.3, 0.4) is 0 Å². The van der Waals surface area contributed by atoms with Crippen molar-refractivity contribution in [2.24, 2.45) is 0 Å². The van der Waals surface area contributed by atoms with Gasteiger partial charge in [0.2, 0.25) is 0 Å². The van der Waals surface area contributed by atoms with Gasteiger partial charge in [0.15, 0.2) is 0 Å². The lowest BCUT2D eigenvalue weighted by atomic mass is 10.0. The number of thiol groups is 1. The van der Waals surface area contributed by atoms with Crippen LogP contribution in [0.1, 0.15) is 0 Å². The molecule has 2 heteroatoms. The molecule has 0 fully saturated rings. The van der Waals surface area contributed by atoms with E-state index in [-0.39, 0.29) is 0 Å². The van der Waals surface area contributed by atoms with E-state index >= 15 is 0 Å². The summed E-state index contributed by atoms with van der Waals surface area (Å²) < 4.78 is 6.29. The fraction of sp³-hybridized carbons (Fsp3) is 0. The Kier molecular flexibility index (Phi) is 2.23. The number of rotatable bonds is 0. The number of fused-ring (bicyclic) bond motifs is 7. The topological polar surface area (TPSA) is 13.1 Å². The summed E-state index contributed by atoms with van der Waals surface area (Å²) in [4.78, 5) is 0.958. The molecule has 4 aromatic carbocycles. The van der Waals surface area contributed by atoms with Crippen molar-refractivity contribution < 1.29 is 4.42 Å². The van der Waals surface area contributed by atoms with Crippen LogP contribution < -0.4 is 0 Å². The van der Waals surface area contributed by atoms with Crippen molar-refractivity contribution in [1.82, 2.24) is 0 Å². The van der Waals surface area contributed by atoms with Crippen molar-refractivity contribution in [2.75, 3.05) is 0 Å². The van der Waals surface area contributed by atoms with Gasteiger partial charge in [0.1, 0.15) is 11.2 Å². The second kappa shape index (κ2) is 4.22. The van der Waals surface area contributed by atoms with Gasteiger partial charge in [0.25, 0.3) is 0 Å². The van der Waals surface area contributed by atoms with E-state index in [4.69, 9.17) is 4.42 Å². The number of benzene rings is 4. The molecule has 112 valence electrons. The lowest BCUT2D eigenvalue weighted by Crippen LogP contribution is -1.77. The average molecular weight is 324 g/mol. The number of furan rings is 1. The maximum atomic E-state index is 6.29. The molecule has 1 aliphatic rings. The molecule has 0 spiro atoms. The summed E-state index contributed by atoms with van der Waals surface area (Å²) in [5, 5.41) is 4.84. The third kappa shape index (κ3) is 1.38. The molecule has 5 aromatic rings. The van der Waals surface area contributed by atoms with Crippen molar-refractivity contribution in [3.8, 4) is 22.3 Å². The Bertz CT molecular complexity index is 1310. The van der Waals surface area contributed by atoms with Crippen molar-refractivity contribution in [2.45, 2.75) is 4.90 Å². The molecule has 0 radical (unpaired) electrons. The zero-order valence-corrected chi connectivity index (χ0v) is 13.6. The van der Waals surface area contributed by atoms with Gasteiger partial charge in [-0.3, -0.25) is 0 Å². The number of hydrogen-bond acceptors (Lipinski definition) is 2. The van der Waals surface area contributed by atoms with Crippen molar-refractivity contribution in [1.29, 1.82) is 0 Å². The maximum absolute atomic E-state index is 6.29. The minimum Gasteiger partial charge on any atom is -0.455 e. The molecule has 0 atom stereocenters. The summed E-state index contributed by atoms with van der Waals surface area (Å²) in [6.07, 6.45) is 0. The van der Waals surface area contributed by atoms with Crippen LogP contribution in [0, 0.1) is 0 Å². The van der Waals surface area contributed by atoms with E-state index in [0.717, 1.165) is 26.8 Å². The molecule has 0 N–H and O–H groups in total. The minimum atomic E-state index is 0.897. The standard InChI is InChI=1S/C22H12OS/c24-18-9-3-8-17-21(18)16-11-10-14-13-6-1-4-12-5-2-7-15(19(12)13)20(14)22(16)23-17/h1-11,24H. The van der Waals surface area contributed by atoms with Gasteiger partial charge in [-0.05, 0) is 45.7 Å². The Morgan fingerprint density at radius 2 is 1.46 bits per heavy atom. The van der Waals surface area contributed by atoms with E-state index < -0.39 is 0 Å². The lowest BCUT2D eigenvalue weighted by molar-refractivity contribution is 0.670. The van der Waals surface area contributed by atoms with E-state index in [9.17, 15) is 0 Å². The SMILES string of the molecule is Sc1cccc2oc3c4c(ccc3c12)-c1cccc2cccc-4c12. The Balaban J connectivity index is 1.88. The summed E-state index contributed by atoms with van der Waals surface area (Å²) in [5.74, 6) is 0. The molecule has 6 rings (SSSR count). The van der Waals surface area contributed by atoms with Crippen LogP contribution in [-0.2, 0) is 0 Å². The van der Waals surface area contributed by atoms with Crippen molar-refractivity contribution in [3.63, 3.8) is 0 Å². The summed E-state index contributed by atoms with van der Waals surface area (Å²) in [7, 11) is 0. The molecular formula is C22H12OS. The fourth-order valence-corrected chi connectivity index (χ4v) is 4.45. The van der Waals surface area contributed by atoms with E-state index in [1.165, 1.54) is 33.0 Å². The van der Waals surface area contributed by atoms with E-state index in [0.29, 0.717) is 0 Å². The highest BCUT2D eigenvalue weighted by atomic mass is 32.1. The normalized spacial score (nSPS) is 12.4. The zero-order chi connectivity index (χ0) is 15.8. The van der Waals surface area contributed by atoms with Crippen LogP contribution in [0.2, 0.25) is 0 Å². The molecule has 24 heavy (non-hydrogen) atoms. The highest BCUT2D eigenvalue weighted by Gasteiger charge is 2.25. The van der Waals surface area contributed by atoms with Gasteiger partial charge in [-0.25, -0.2) is 0 Å². The monoisotopic (exact) mass is 324 g/mol. The zero-order valence-electron chi connectivity index (χ0n) is 12.7. The Morgan fingerprint density at radius 1 is 0.667 bits per heavy atom. The van der Waals surface area contributed by atoms with Gasteiger partial charge < -0.3 is 4.42 Å². The molecule has 1 nitrogen and oxygen atoms in total. The highest BCUT2D eigenvalue weighted by molar-refractivity contribution is 7.80. The van der Waals surface area contributed by atoms with Gasteiger partial charge in [0.05, 0.1) is 0 Å². The predicted octanol–water partition coefficient (Wildman–Crippen LogP) is 6.68. The maximum Gasteiger partial charge on any atom is 0.143 e. The quantitative estimate of drug-likeness (QED) is 0.308. The summed E-state index contributed by atoms with van der Waals surface area (Å²) in [5.41, 5.74) is 6.90. The molecule has 1 heterocycles. The van der Waals surface area contributed by atoms with Gasteiger partial charge in [-0.1, -0.05) is 48.5 Å². The molecule has 0 saturated heterocycles. The summed E-state index contributed by atoms with van der Waals surface area (Å²) >= 11 is 4.63. The first-order chi connectivity index (χ1) is 11.8. The largest absolute Gasteiger partial charge is 0.455 e. The van der Waals surface area contributed by atoms with E-state index in [2.05, 4.69) is 61.2 Å². The molecule has 1 aromatic heterocycles. The van der Waals surface area contributed by atoms with E-state index in [1.54, 1.807) is 0 Å². The number of hydrogen-bond donors (Lipinski definition) is 1. The van der Waals surface area contributed by atoms with Crippen LogP contribution in [0.5, 0.6) is 0 Å². The first-order valence-corrected chi connectivity index (χ1v) is 8.47. The van der Waals surface area contributed by atoms with Gasteiger partial charge >= 0.3 is 0 Å². The van der Waals surface area contributed by atoms with Crippen LogP contribution in [-0.4, -0.2) is 0 Å². The highest BCUT2D eigenvalue weighted by Crippen LogP contribution is 2.51. The Labute approximate surface area is 143 Å². The van der Waals surface area contributed by atoms with Crippen LogP contribution in [0.4, 0.5) is 0 Å². The van der Waals surface area contributed by atoms with E-state index in [1.807, 2.05) is 18.2 Å². The lowest BCUT2D eigenvalue weighted by Gasteiger charge is -2.02. The molecule has 0 aliphatic heterocycles. The minimum absolute atomic E-state index is 0.897. The van der Waals surface area contributed by atoms with Crippen molar-refractivity contribution >= 4 is 45.3 Å². The fourth-order valence-electron chi connectivity index (χ4n) is 4.14. The summed E-state index contributed by atoms with van der Waals surface area (Å²) in [6, 6.07) is 23.4. The second-order valence-electron chi connectivity index (χ2n) is 6.33. The Morgan fingerprint density at radius 3 is 2.33 bits per heavy atom. The molecule has 0 bridgehead atoms. The smallest absolute Gasteiger partial charge is 0.143 e. The molecule has 0 unspecified atom stereocenters. The third-order valence-corrected chi connectivity index (χ3v) is 5.48.